The Labute approximate surface area is 118 Å². The first kappa shape index (κ1) is 15.4. The summed E-state index contributed by atoms with van der Waals surface area (Å²) >= 11 is 0. The Bertz CT molecular complexity index is 530. The quantitative estimate of drug-likeness (QED) is 0.738. The van der Waals surface area contributed by atoms with Gasteiger partial charge in [0, 0.05) is 20.2 Å². The molecule has 0 spiro atoms. The highest BCUT2D eigenvalue weighted by Gasteiger charge is 2.26. The third-order valence-electron chi connectivity index (χ3n) is 3.04. The first-order chi connectivity index (χ1) is 9.49. The molecule has 0 N–H and O–H groups in total. The Morgan fingerprint density at radius 2 is 2.25 bits per heavy atom. The van der Waals surface area contributed by atoms with Crippen LogP contribution in [0.1, 0.15) is 24.6 Å². The van der Waals surface area contributed by atoms with Crippen LogP contribution in [0.2, 0.25) is 0 Å². The van der Waals surface area contributed by atoms with Crippen LogP contribution in [0.4, 0.5) is 0 Å². The van der Waals surface area contributed by atoms with E-state index in [9.17, 15) is 8.42 Å². The Balaban J connectivity index is 1.84. The normalized spacial score (nSPS) is 21.2. The summed E-state index contributed by atoms with van der Waals surface area (Å²) in [5.74, 6) is 0.834. The standard InChI is InChI=1S/C11H19N3O5S/c1-17-8-11-12-10(13-19-11)7-18-9-4-3-5-14(6-9)20(2,15)16/h9H,3-8H2,1-2H3. The fourth-order valence-corrected chi connectivity index (χ4v) is 2.96. The average molecular weight is 305 g/mol. The molecule has 0 aromatic carbocycles. The van der Waals surface area contributed by atoms with Crippen LogP contribution in [0.25, 0.3) is 0 Å². The molecule has 0 radical (unpaired) electrons. The molecule has 2 heterocycles. The van der Waals surface area contributed by atoms with E-state index in [0.29, 0.717) is 24.8 Å². The van der Waals surface area contributed by atoms with Crippen molar-refractivity contribution in [2.24, 2.45) is 0 Å². The molecule has 1 fully saturated rings. The van der Waals surface area contributed by atoms with Gasteiger partial charge < -0.3 is 14.0 Å². The van der Waals surface area contributed by atoms with Gasteiger partial charge in [-0.15, -0.1) is 0 Å². The predicted molar refractivity (Wildman–Crippen MR) is 69.2 cm³/mol. The highest BCUT2D eigenvalue weighted by Crippen LogP contribution is 2.16. The topological polar surface area (TPSA) is 94.8 Å². The Morgan fingerprint density at radius 3 is 2.95 bits per heavy atom. The summed E-state index contributed by atoms with van der Waals surface area (Å²) in [6, 6.07) is 0. The van der Waals surface area contributed by atoms with Gasteiger partial charge in [0.25, 0.3) is 5.89 Å². The van der Waals surface area contributed by atoms with E-state index in [1.165, 1.54) is 10.6 Å². The maximum atomic E-state index is 11.5. The van der Waals surface area contributed by atoms with Crippen molar-refractivity contribution in [3.8, 4) is 0 Å². The van der Waals surface area contributed by atoms with Crippen molar-refractivity contribution in [3.05, 3.63) is 11.7 Å². The number of piperidine rings is 1. The summed E-state index contributed by atoms with van der Waals surface area (Å²) in [5, 5.41) is 3.76. The van der Waals surface area contributed by atoms with Crippen molar-refractivity contribution in [2.75, 3.05) is 26.5 Å². The van der Waals surface area contributed by atoms with Crippen LogP contribution >= 0.6 is 0 Å². The number of sulfonamides is 1. The van der Waals surface area contributed by atoms with Crippen molar-refractivity contribution >= 4 is 10.0 Å². The largest absolute Gasteiger partial charge is 0.375 e. The molecule has 1 saturated heterocycles. The summed E-state index contributed by atoms with van der Waals surface area (Å²) in [4.78, 5) is 4.09. The fraction of sp³-hybridized carbons (Fsp3) is 0.818. The van der Waals surface area contributed by atoms with Crippen molar-refractivity contribution in [1.29, 1.82) is 0 Å². The molecule has 2 rings (SSSR count). The second kappa shape index (κ2) is 6.61. The SMILES string of the molecule is COCc1nc(COC2CCCN(S(C)(=O)=O)C2)no1. The zero-order valence-corrected chi connectivity index (χ0v) is 12.4. The maximum Gasteiger partial charge on any atom is 0.252 e. The summed E-state index contributed by atoms with van der Waals surface area (Å²) in [7, 11) is -1.61. The van der Waals surface area contributed by atoms with E-state index >= 15 is 0 Å². The molecule has 114 valence electrons. The molecule has 0 saturated carbocycles. The lowest BCUT2D eigenvalue weighted by atomic mass is 10.1. The second-order valence-electron chi connectivity index (χ2n) is 4.73. The van der Waals surface area contributed by atoms with Crippen LogP contribution in [-0.2, 0) is 32.7 Å². The van der Waals surface area contributed by atoms with Crippen molar-refractivity contribution in [2.45, 2.75) is 32.2 Å². The Kier molecular flexibility index (Phi) is 5.08. The van der Waals surface area contributed by atoms with E-state index < -0.39 is 10.0 Å². The molecule has 1 aliphatic rings. The molecule has 1 aliphatic heterocycles. The summed E-state index contributed by atoms with van der Waals surface area (Å²) < 4.78 is 39.9. The molecular formula is C11H19N3O5S. The average Bonchev–Trinajstić information content (AvgIpc) is 2.84. The third kappa shape index (κ3) is 4.23. The summed E-state index contributed by atoms with van der Waals surface area (Å²) in [5.41, 5.74) is 0. The maximum absolute atomic E-state index is 11.5. The van der Waals surface area contributed by atoms with E-state index in [1.54, 1.807) is 7.11 Å². The lowest BCUT2D eigenvalue weighted by molar-refractivity contribution is 0.00451. The minimum atomic E-state index is -3.16. The molecule has 1 aromatic rings. The van der Waals surface area contributed by atoms with Gasteiger partial charge in [0.05, 0.1) is 12.4 Å². The molecule has 1 unspecified atom stereocenters. The summed E-state index contributed by atoms with van der Waals surface area (Å²) in [6.45, 7) is 1.40. The zero-order valence-electron chi connectivity index (χ0n) is 11.6. The van der Waals surface area contributed by atoms with E-state index in [4.69, 9.17) is 14.0 Å². The van der Waals surface area contributed by atoms with Gasteiger partial charge in [0.15, 0.2) is 5.82 Å². The van der Waals surface area contributed by atoms with Gasteiger partial charge in [-0.05, 0) is 12.8 Å². The minimum absolute atomic E-state index is 0.136. The van der Waals surface area contributed by atoms with Gasteiger partial charge in [0.2, 0.25) is 10.0 Å². The Morgan fingerprint density at radius 1 is 1.45 bits per heavy atom. The van der Waals surface area contributed by atoms with Crippen LogP contribution in [0.5, 0.6) is 0 Å². The number of methoxy groups -OCH3 is 1. The van der Waals surface area contributed by atoms with E-state index in [0.717, 1.165) is 12.8 Å². The number of hydrogen-bond donors (Lipinski definition) is 0. The van der Waals surface area contributed by atoms with E-state index in [-0.39, 0.29) is 19.3 Å². The van der Waals surface area contributed by atoms with E-state index in [1.807, 2.05) is 0 Å². The molecule has 20 heavy (non-hydrogen) atoms. The monoisotopic (exact) mass is 305 g/mol. The molecule has 0 amide bonds. The van der Waals surface area contributed by atoms with Gasteiger partial charge in [-0.1, -0.05) is 5.16 Å². The van der Waals surface area contributed by atoms with Crippen LogP contribution < -0.4 is 0 Å². The Hall–Kier alpha value is -1.03. The number of nitrogens with zero attached hydrogens (tertiary/aromatic N) is 3. The summed E-state index contributed by atoms with van der Waals surface area (Å²) in [6.07, 6.45) is 2.70. The number of hydrogen-bond acceptors (Lipinski definition) is 7. The molecule has 9 heteroatoms. The lowest BCUT2D eigenvalue weighted by Gasteiger charge is -2.30. The van der Waals surface area contributed by atoms with Crippen molar-refractivity contribution in [1.82, 2.24) is 14.4 Å². The van der Waals surface area contributed by atoms with E-state index in [2.05, 4.69) is 10.1 Å². The molecule has 1 atom stereocenters. The van der Waals surface area contributed by atoms with Crippen molar-refractivity contribution in [3.63, 3.8) is 0 Å². The highest BCUT2D eigenvalue weighted by molar-refractivity contribution is 7.88. The van der Waals surface area contributed by atoms with Gasteiger partial charge in [0.1, 0.15) is 13.2 Å². The predicted octanol–water partition coefficient (Wildman–Crippen LogP) is 0.157. The molecule has 0 aliphatic carbocycles. The fourth-order valence-electron chi connectivity index (χ4n) is 2.07. The number of rotatable bonds is 6. The van der Waals surface area contributed by atoms with Gasteiger partial charge in [-0.25, -0.2) is 8.42 Å². The smallest absolute Gasteiger partial charge is 0.252 e. The van der Waals surface area contributed by atoms with Gasteiger partial charge >= 0.3 is 0 Å². The first-order valence-electron chi connectivity index (χ1n) is 6.36. The second-order valence-corrected chi connectivity index (χ2v) is 6.72. The van der Waals surface area contributed by atoms with Crippen LogP contribution in [0.15, 0.2) is 4.52 Å². The zero-order chi connectivity index (χ0) is 14.6. The van der Waals surface area contributed by atoms with Gasteiger partial charge in [-0.3, -0.25) is 0 Å². The van der Waals surface area contributed by atoms with Gasteiger partial charge in [-0.2, -0.15) is 9.29 Å². The molecule has 8 nitrogen and oxygen atoms in total. The first-order valence-corrected chi connectivity index (χ1v) is 8.21. The third-order valence-corrected chi connectivity index (χ3v) is 4.31. The van der Waals surface area contributed by atoms with Crippen molar-refractivity contribution < 1.29 is 22.4 Å². The van der Waals surface area contributed by atoms with Crippen LogP contribution in [0.3, 0.4) is 0 Å². The van der Waals surface area contributed by atoms with Crippen LogP contribution in [-0.4, -0.2) is 55.4 Å². The number of aromatic nitrogens is 2. The molecule has 0 bridgehead atoms. The molecular weight excluding hydrogens is 286 g/mol. The molecule has 1 aromatic heterocycles. The highest BCUT2D eigenvalue weighted by atomic mass is 32.2. The van der Waals surface area contributed by atoms with Crippen LogP contribution in [0, 0.1) is 0 Å². The minimum Gasteiger partial charge on any atom is -0.375 e. The lowest BCUT2D eigenvalue weighted by Crippen LogP contribution is -2.42. The number of ether oxygens (including phenoxy) is 2.